The van der Waals surface area contributed by atoms with E-state index in [0.717, 1.165) is 12.2 Å². The second-order valence-corrected chi connectivity index (χ2v) is 6.06. The molecule has 0 heterocycles. The average Bonchev–Trinajstić information content (AvgIpc) is 2.14. The first-order chi connectivity index (χ1) is 7.74. The summed E-state index contributed by atoms with van der Waals surface area (Å²) in [6.45, 7) is 3.84. The smallest absolute Gasteiger partial charge is 0.320 e. The van der Waals surface area contributed by atoms with Crippen molar-refractivity contribution in [2.24, 2.45) is 11.1 Å². The van der Waals surface area contributed by atoms with Crippen molar-refractivity contribution in [2.75, 3.05) is 11.5 Å². The Labute approximate surface area is 106 Å². The molecule has 0 aliphatic rings. The molecule has 6 heteroatoms. The van der Waals surface area contributed by atoms with Gasteiger partial charge in [-0.1, -0.05) is 13.8 Å². The van der Waals surface area contributed by atoms with Gasteiger partial charge in [0.1, 0.15) is 6.04 Å². The van der Waals surface area contributed by atoms with E-state index in [0.29, 0.717) is 12.2 Å². The van der Waals surface area contributed by atoms with Crippen molar-refractivity contribution in [2.45, 2.75) is 39.2 Å². The number of hydrogen-bond acceptors (Lipinski definition) is 4. The third kappa shape index (κ3) is 9.00. The molecule has 0 spiro atoms. The molecule has 0 radical (unpaired) electrons. The van der Waals surface area contributed by atoms with Crippen molar-refractivity contribution in [3.63, 3.8) is 0 Å². The number of rotatable bonds is 9. The van der Waals surface area contributed by atoms with Crippen molar-refractivity contribution >= 4 is 23.7 Å². The molecule has 100 valence electrons. The van der Waals surface area contributed by atoms with Crippen LogP contribution in [0.4, 0.5) is 0 Å². The van der Waals surface area contributed by atoms with Gasteiger partial charge in [0.25, 0.3) is 0 Å². The van der Waals surface area contributed by atoms with Crippen LogP contribution in [0.3, 0.4) is 0 Å². The first-order valence-electron chi connectivity index (χ1n) is 5.52. The molecule has 0 aromatic carbocycles. The lowest BCUT2D eigenvalue weighted by Crippen LogP contribution is -2.30. The molecule has 4 N–H and O–H groups in total. The highest BCUT2D eigenvalue weighted by atomic mass is 32.2. The number of thioether (sulfide) groups is 1. The van der Waals surface area contributed by atoms with Crippen molar-refractivity contribution in [1.82, 2.24) is 0 Å². The Bertz CT molecular complexity index is 268. The Hall–Kier alpha value is -0.750. The minimum atomic E-state index is -0.975. The van der Waals surface area contributed by atoms with E-state index in [9.17, 15) is 9.59 Å². The van der Waals surface area contributed by atoms with Gasteiger partial charge in [0, 0.05) is 0 Å². The fraction of sp³-hybridized carbons (Fsp3) is 0.818. The summed E-state index contributed by atoms with van der Waals surface area (Å²) < 4.78 is 0. The topological polar surface area (TPSA) is 101 Å². The second-order valence-electron chi connectivity index (χ2n) is 4.83. The van der Waals surface area contributed by atoms with Crippen LogP contribution in [0, 0.1) is 5.41 Å². The standard InChI is InChI=1S/C11H21NO4S/c1-11(2,7-9(13)14)4-6-17-5-3-8(12)10(15)16/h8H,3-7,12H2,1-2H3,(H,13,14)(H,15,16)/t8-/m0/s1. The summed E-state index contributed by atoms with van der Waals surface area (Å²) in [5.41, 5.74) is 5.15. The third-order valence-corrected chi connectivity index (χ3v) is 3.46. The SMILES string of the molecule is CC(C)(CCSCC[C@H](N)C(=O)O)CC(=O)O. The molecule has 0 aliphatic heterocycles. The Balaban J connectivity index is 3.64. The van der Waals surface area contributed by atoms with Crippen LogP contribution in [0.2, 0.25) is 0 Å². The molecule has 0 rings (SSSR count). The van der Waals surface area contributed by atoms with Gasteiger partial charge in [0.2, 0.25) is 0 Å². The molecule has 0 amide bonds. The van der Waals surface area contributed by atoms with E-state index in [2.05, 4.69) is 0 Å². The third-order valence-electron chi connectivity index (χ3n) is 2.44. The van der Waals surface area contributed by atoms with Gasteiger partial charge in [-0.05, 0) is 29.8 Å². The van der Waals surface area contributed by atoms with E-state index in [-0.39, 0.29) is 11.8 Å². The minimum Gasteiger partial charge on any atom is -0.481 e. The van der Waals surface area contributed by atoms with Gasteiger partial charge >= 0.3 is 11.9 Å². The summed E-state index contributed by atoms with van der Waals surface area (Å²) >= 11 is 1.62. The predicted octanol–water partition coefficient (Wildman–Crippen LogP) is 1.41. The van der Waals surface area contributed by atoms with Crippen LogP contribution in [0.5, 0.6) is 0 Å². The normalized spacial score (nSPS) is 13.4. The van der Waals surface area contributed by atoms with E-state index in [1.54, 1.807) is 11.8 Å². The molecular weight excluding hydrogens is 242 g/mol. The van der Waals surface area contributed by atoms with Gasteiger partial charge in [-0.3, -0.25) is 9.59 Å². The van der Waals surface area contributed by atoms with E-state index in [4.69, 9.17) is 15.9 Å². The van der Waals surface area contributed by atoms with Gasteiger partial charge in [-0.15, -0.1) is 0 Å². The molecule has 0 fully saturated rings. The molecule has 0 unspecified atom stereocenters. The highest BCUT2D eigenvalue weighted by Gasteiger charge is 2.21. The fourth-order valence-corrected chi connectivity index (χ4v) is 2.60. The van der Waals surface area contributed by atoms with E-state index < -0.39 is 18.0 Å². The van der Waals surface area contributed by atoms with Gasteiger partial charge in [-0.2, -0.15) is 11.8 Å². The second kappa shape index (κ2) is 7.55. The summed E-state index contributed by atoms with van der Waals surface area (Å²) in [6.07, 6.45) is 1.40. The van der Waals surface area contributed by atoms with Gasteiger partial charge in [0.15, 0.2) is 0 Å². The van der Waals surface area contributed by atoms with Gasteiger partial charge in [0.05, 0.1) is 6.42 Å². The molecule has 5 nitrogen and oxygen atoms in total. The number of hydrogen-bond donors (Lipinski definition) is 3. The predicted molar refractivity (Wildman–Crippen MR) is 68.2 cm³/mol. The lowest BCUT2D eigenvalue weighted by molar-refractivity contribution is -0.140. The van der Waals surface area contributed by atoms with Crippen molar-refractivity contribution in [3.8, 4) is 0 Å². The first-order valence-corrected chi connectivity index (χ1v) is 6.68. The number of carbonyl (C=O) groups is 2. The summed E-state index contributed by atoms with van der Waals surface area (Å²) in [6, 6.07) is -0.797. The largest absolute Gasteiger partial charge is 0.481 e. The lowest BCUT2D eigenvalue weighted by atomic mass is 9.87. The Kier molecular flexibility index (Phi) is 7.22. The summed E-state index contributed by atoms with van der Waals surface area (Å²) in [7, 11) is 0. The summed E-state index contributed by atoms with van der Waals surface area (Å²) in [5.74, 6) is -0.242. The van der Waals surface area contributed by atoms with E-state index >= 15 is 0 Å². The highest BCUT2D eigenvalue weighted by Crippen LogP contribution is 2.27. The number of aliphatic carboxylic acids is 2. The van der Waals surface area contributed by atoms with Crippen LogP contribution >= 0.6 is 11.8 Å². The number of carboxylic acid groups (broad SMARTS) is 2. The molecular formula is C11H21NO4S. The molecule has 0 saturated heterocycles. The summed E-state index contributed by atoms with van der Waals surface area (Å²) in [4.78, 5) is 21.0. The molecule has 0 aliphatic carbocycles. The zero-order valence-electron chi connectivity index (χ0n) is 10.3. The maximum Gasteiger partial charge on any atom is 0.320 e. The zero-order valence-corrected chi connectivity index (χ0v) is 11.1. The van der Waals surface area contributed by atoms with Gasteiger partial charge in [-0.25, -0.2) is 0 Å². The minimum absolute atomic E-state index is 0.155. The Morgan fingerprint density at radius 3 is 2.35 bits per heavy atom. The molecule has 0 saturated carbocycles. The van der Waals surface area contributed by atoms with Crippen molar-refractivity contribution in [3.05, 3.63) is 0 Å². The number of carboxylic acids is 2. The highest BCUT2D eigenvalue weighted by molar-refractivity contribution is 7.99. The maximum atomic E-state index is 10.6. The molecule has 0 aromatic heterocycles. The van der Waals surface area contributed by atoms with E-state index in [1.807, 2.05) is 13.8 Å². The average molecular weight is 263 g/mol. The van der Waals surface area contributed by atoms with Crippen LogP contribution in [0.25, 0.3) is 0 Å². The molecule has 0 aromatic rings. The van der Waals surface area contributed by atoms with Crippen LogP contribution in [0.15, 0.2) is 0 Å². The maximum absolute atomic E-state index is 10.6. The van der Waals surface area contributed by atoms with Crippen LogP contribution < -0.4 is 5.73 Å². The first kappa shape index (κ1) is 16.2. The van der Waals surface area contributed by atoms with Crippen LogP contribution in [-0.2, 0) is 9.59 Å². The van der Waals surface area contributed by atoms with Crippen molar-refractivity contribution < 1.29 is 19.8 Å². The zero-order chi connectivity index (χ0) is 13.5. The monoisotopic (exact) mass is 263 g/mol. The van der Waals surface area contributed by atoms with Gasteiger partial charge < -0.3 is 15.9 Å². The van der Waals surface area contributed by atoms with E-state index in [1.165, 1.54) is 0 Å². The Morgan fingerprint density at radius 2 is 1.88 bits per heavy atom. The fourth-order valence-electron chi connectivity index (χ4n) is 1.28. The number of nitrogens with two attached hydrogens (primary N) is 1. The summed E-state index contributed by atoms with van der Waals surface area (Å²) in [5, 5.41) is 17.3. The van der Waals surface area contributed by atoms with Crippen molar-refractivity contribution in [1.29, 1.82) is 0 Å². The van der Waals surface area contributed by atoms with Crippen LogP contribution in [0.1, 0.15) is 33.1 Å². The molecule has 1 atom stereocenters. The lowest BCUT2D eigenvalue weighted by Gasteiger charge is -2.21. The Morgan fingerprint density at radius 1 is 1.29 bits per heavy atom. The van der Waals surface area contributed by atoms with Crippen LogP contribution in [-0.4, -0.2) is 39.7 Å². The molecule has 0 bridgehead atoms. The molecule has 17 heavy (non-hydrogen) atoms. The quantitative estimate of drug-likeness (QED) is 0.544.